The quantitative estimate of drug-likeness (QED) is 0.453. The summed E-state index contributed by atoms with van der Waals surface area (Å²) in [6, 6.07) is 13.5. The first-order chi connectivity index (χ1) is 20.5. The smallest absolute Gasteiger partial charge is 0.318 e. The van der Waals surface area contributed by atoms with Crippen LogP contribution in [0.25, 0.3) is 10.8 Å². The molecular weight excluding hydrogens is 555 g/mol. The van der Waals surface area contributed by atoms with Crippen LogP contribution in [-0.2, 0) is 17.7 Å². The van der Waals surface area contributed by atoms with E-state index >= 15 is 0 Å². The molecule has 5 aliphatic rings. The Morgan fingerprint density at radius 3 is 2.86 bits per heavy atom. The van der Waals surface area contributed by atoms with E-state index in [-0.39, 0.29) is 17.7 Å². The minimum Gasteiger partial charge on any atom is -0.461 e. The van der Waals surface area contributed by atoms with E-state index in [0.29, 0.717) is 38.2 Å². The third-order valence-electron chi connectivity index (χ3n) is 10.3. The summed E-state index contributed by atoms with van der Waals surface area (Å²) in [6.07, 6.45) is 3.83. The summed E-state index contributed by atoms with van der Waals surface area (Å²) in [6.45, 7) is 5.08. The topological polar surface area (TPSA) is 66.0 Å². The number of piperazine rings is 1. The van der Waals surface area contributed by atoms with Gasteiger partial charge in [-0.15, -0.1) is 0 Å². The molecule has 2 bridgehead atoms. The van der Waals surface area contributed by atoms with Gasteiger partial charge in [-0.1, -0.05) is 35.9 Å². The monoisotopic (exact) mass is 592 g/mol. The molecule has 10 heteroatoms. The summed E-state index contributed by atoms with van der Waals surface area (Å²) < 4.78 is 26.7. The van der Waals surface area contributed by atoms with E-state index in [9.17, 15) is 4.39 Å². The summed E-state index contributed by atoms with van der Waals surface area (Å²) in [5, 5.41) is 6.68. The van der Waals surface area contributed by atoms with E-state index in [0.717, 1.165) is 84.9 Å². The standard InChI is InChI=1S/C32H38ClFN6O2/c1-41-28-13-22-16-39(18-26(28)35-22)30-23-9-12-38(27-8-3-6-20-5-2-7-24(33)29(20)27)17-25(23)36-31(37-30)42-19-32-10-4-11-40(32)15-21(34)14-32/h2-3,5-8,21-22,26,28,35H,4,9-19H2,1H3/t21-,22-,26?,28-,32?/m1/s1. The van der Waals surface area contributed by atoms with Crippen molar-refractivity contribution in [1.82, 2.24) is 20.2 Å². The Bertz CT molecular complexity index is 1500. The molecule has 8 nitrogen and oxygen atoms in total. The van der Waals surface area contributed by atoms with E-state index in [2.05, 4.69) is 44.3 Å². The molecule has 0 saturated carbocycles. The number of anilines is 2. The highest BCUT2D eigenvalue weighted by molar-refractivity contribution is 6.36. The van der Waals surface area contributed by atoms with Crippen LogP contribution in [0.2, 0.25) is 5.02 Å². The van der Waals surface area contributed by atoms with Gasteiger partial charge in [0.15, 0.2) is 0 Å². The Morgan fingerprint density at radius 1 is 1.10 bits per heavy atom. The molecule has 4 saturated heterocycles. The predicted octanol–water partition coefficient (Wildman–Crippen LogP) is 4.37. The molecule has 0 aliphatic carbocycles. The molecule has 4 fully saturated rings. The molecule has 42 heavy (non-hydrogen) atoms. The van der Waals surface area contributed by atoms with Gasteiger partial charge in [-0.2, -0.15) is 9.97 Å². The number of nitrogens with zero attached hydrogens (tertiary/aromatic N) is 5. The van der Waals surface area contributed by atoms with Gasteiger partial charge < -0.3 is 24.6 Å². The lowest BCUT2D eigenvalue weighted by atomic mass is 9.95. The van der Waals surface area contributed by atoms with Crippen molar-refractivity contribution in [2.45, 2.75) is 68.5 Å². The molecule has 3 aromatic rings. The van der Waals surface area contributed by atoms with E-state index in [1.807, 2.05) is 12.1 Å². The summed E-state index contributed by atoms with van der Waals surface area (Å²) in [4.78, 5) is 17.2. The van der Waals surface area contributed by atoms with Gasteiger partial charge >= 0.3 is 6.01 Å². The minimum atomic E-state index is -0.792. The molecule has 6 heterocycles. The first-order valence-corrected chi connectivity index (χ1v) is 15.8. The average Bonchev–Trinajstić information content (AvgIpc) is 3.63. The van der Waals surface area contributed by atoms with Gasteiger partial charge in [0.2, 0.25) is 0 Å². The van der Waals surface area contributed by atoms with Crippen LogP contribution in [0.1, 0.15) is 36.9 Å². The molecule has 5 atom stereocenters. The highest BCUT2D eigenvalue weighted by Crippen LogP contribution is 2.41. The Hall–Kier alpha value is -2.72. The van der Waals surface area contributed by atoms with Crippen LogP contribution in [0.4, 0.5) is 15.9 Å². The van der Waals surface area contributed by atoms with E-state index in [4.69, 9.17) is 31.0 Å². The predicted molar refractivity (Wildman–Crippen MR) is 163 cm³/mol. The molecular formula is C32H38ClFN6O2. The highest BCUT2D eigenvalue weighted by Gasteiger charge is 2.49. The minimum absolute atomic E-state index is 0.212. The van der Waals surface area contributed by atoms with E-state index in [1.54, 1.807) is 7.11 Å². The number of aromatic nitrogens is 2. The number of hydrogen-bond donors (Lipinski definition) is 1. The summed E-state index contributed by atoms with van der Waals surface area (Å²) >= 11 is 6.72. The number of fused-ring (bicyclic) bond motifs is 5. The fraction of sp³-hybridized carbons (Fsp3) is 0.562. The van der Waals surface area contributed by atoms with Crippen LogP contribution in [0, 0.1) is 0 Å². The van der Waals surface area contributed by atoms with Gasteiger partial charge in [0, 0.05) is 62.4 Å². The SMILES string of the molecule is CO[C@@H]1C[C@@H]2CN(c3nc(OCC45CCCN4C[C@H](F)C5)nc4c3CCN(c3cccc5cccc(Cl)c35)C4)CC1N2. The van der Waals surface area contributed by atoms with Gasteiger partial charge in [0.1, 0.15) is 18.6 Å². The van der Waals surface area contributed by atoms with E-state index < -0.39 is 6.17 Å². The van der Waals surface area contributed by atoms with Crippen molar-refractivity contribution in [3.05, 3.63) is 52.7 Å². The van der Waals surface area contributed by atoms with Gasteiger partial charge in [-0.25, -0.2) is 4.39 Å². The number of benzene rings is 2. The fourth-order valence-corrected chi connectivity index (χ4v) is 8.62. The summed E-state index contributed by atoms with van der Waals surface area (Å²) in [7, 11) is 1.81. The second kappa shape index (κ2) is 10.5. The molecule has 1 aromatic heterocycles. The number of hydrogen-bond acceptors (Lipinski definition) is 8. The lowest BCUT2D eigenvalue weighted by Gasteiger charge is -2.38. The van der Waals surface area contributed by atoms with Crippen molar-refractivity contribution in [3.8, 4) is 6.01 Å². The van der Waals surface area contributed by atoms with Crippen molar-refractivity contribution in [1.29, 1.82) is 0 Å². The molecule has 5 aliphatic heterocycles. The van der Waals surface area contributed by atoms with Crippen molar-refractivity contribution < 1.29 is 13.9 Å². The number of halogens is 2. The van der Waals surface area contributed by atoms with Gasteiger partial charge in [-0.3, -0.25) is 4.90 Å². The Morgan fingerprint density at radius 2 is 1.98 bits per heavy atom. The molecule has 8 rings (SSSR count). The second-order valence-corrected chi connectivity index (χ2v) is 13.2. The number of rotatable bonds is 6. The van der Waals surface area contributed by atoms with Crippen molar-refractivity contribution >= 4 is 33.9 Å². The van der Waals surface area contributed by atoms with Crippen LogP contribution < -0.4 is 19.9 Å². The molecule has 1 N–H and O–H groups in total. The van der Waals surface area contributed by atoms with Crippen LogP contribution in [0.3, 0.4) is 0 Å². The lowest BCUT2D eigenvalue weighted by molar-refractivity contribution is 0.0946. The summed E-state index contributed by atoms with van der Waals surface area (Å²) in [5.74, 6) is 0.981. The van der Waals surface area contributed by atoms with Gasteiger partial charge in [-0.05, 0) is 49.7 Å². The maximum Gasteiger partial charge on any atom is 0.318 e. The third-order valence-corrected chi connectivity index (χ3v) is 10.6. The maximum atomic E-state index is 14.5. The molecule has 2 unspecified atom stereocenters. The number of alkyl halides is 1. The number of ether oxygens (including phenoxy) is 2. The Balaban J connectivity index is 1.14. The van der Waals surface area contributed by atoms with Crippen LogP contribution in [0.15, 0.2) is 36.4 Å². The fourth-order valence-electron chi connectivity index (χ4n) is 8.34. The Labute approximate surface area is 251 Å². The van der Waals surface area contributed by atoms with Crippen molar-refractivity contribution in [2.75, 3.05) is 56.2 Å². The highest BCUT2D eigenvalue weighted by atomic mass is 35.5. The zero-order valence-corrected chi connectivity index (χ0v) is 24.8. The first kappa shape index (κ1) is 26.9. The largest absolute Gasteiger partial charge is 0.461 e. The molecule has 0 amide bonds. The zero-order valence-electron chi connectivity index (χ0n) is 24.1. The van der Waals surface area contributed by atoms with Crippen LogP contribution in [-0.4, -0.2) is 91.2 Å². The lowest BCUT2D eigenvalue weighted by Crippen LogP contribution is -2.53. The zero-order chi connectivity index (χ0) is 28.4. The number of nitrogens with one attached hydrogen (secondary N) is 1. The first-order valence-electron chi connectivity index (χ1n) is 15.4. The molecule has 222 valence electrons. The van der Waals surface area contributed by atoms with Crippen LogP contribution in [0.5, 0.6) is 6.01 Å². The maximum absolute atomic E-state index is 14.5. The van der Waals surface area contributed by atoms with Gasteiger partial charge in [0.25, 0.3) is 0 Å². The molecule has 0 spiro atoms. The average molecular weight is 593 g/mol. The van der Waals surface area contributed by atoms with Gasteiger partial charge in [0.05, 0.1) is 34.9 Å². The normalized spacial score (nSPS) is 30.6. The molecule has 0 radical (unpaired) electrons. The summed E-state index contributed by atoms with van der Waals surface area (Å²) in [5.41, 5.74) is 3.07. The van der Waals surface area contributed by atoms with Crippen molar-refractivity contribution in [3.63, 3.8) is 0 Å². The van der Waals surface area contributed by atoms with E-state index in [1.165, 1.54) is 5.56 Å². The van der Waals surface area contributed by atoms with Crippen molar-refractivity contribution in [2.24, 2.45) is 0 Å². The second-order valence-electron chi connectivity index (χ2n) is 12.8. The van der Waals surface area contributed by atoms with Crippen LogP contribution >= 0.6 is 11.6 Å². The number of methoxy groups -OCH3 is 1. The molecule has 2 aromatic carbocycles. The third kappa shape index (κ3) is 4.51. The Kier molecular flexibility index (Phi) is 6.70.